The number of fused-ring (bicyclic) bond motifs is 1. The molecular weight excluding hydrogens is 270 g/mol. The van der Waals surface area contributed by atoms with E-state index in [0.29, 0.717) is 13.2 Å². The van der Waals surface area contributed by atoms with Crippen molar-refractivity contribution in [3.8, 4) is 0 Å². The smallest absolute Gasteiger partial charge is 0.190 e. The molecule has 4 nitrogen and oxygen atoms in total. The summed E-state index contributed by atoms with van der Waals surface area (Å²) in [5.74, 6) is 0. The Morgan fingerprint density at radius 2 is 2.25 bits per heavy atom. The molecule has 2 heterocycles. The highest BCUT2D eigenvalue weighted by molar-refractivity contribution is 7.15. The number of aromatic nitrogens is 1. The molecule has 0 spiro atoms. The van der Waals surface area contributed by atoms with Gasteiger partial charge in [-0.3, -0.25) is 0 Å². The van der Waals surface area contributed by atoms with Gasteiger partial charge in [-0.15, -0.1) is 0 Å². The first-order valence-electron chi connectivity index (χ1n) is 6.86. The van der Waals surface area contributed by atoms with Gasteiger partial charge in [-0.1, -0.05) is 29.5 Å². The van der Waals surface area contributed by atoms with Crippen LogP contribution in [0, 0.1) is 0 Å². The van der Waals surface area contributed by atoms with Gasteiger partial charge in [-0.2, -0.15) is 0 Å². The molecule has 5 heteroatoms. The molecule has 0 saturated carbocycles. The summed E-state index contributed by atoms with van der Waals surface area (Å²) in [6, 6.07) is 8.57. The summed E-state index contributed by atoms with van der Waals surface area (Å²) in [7, 11) is 1.69. The number of nitrogens with zero attached hydrogens (tertiary/aromatic N) is 2. The van der Waals surface area contributed by atoms with E-state index in [0.717, 1.165) is 35.1 Å². The summed E-state index contributed by atoms with van der Waals surface area (Å²) in [6.45, 7) is 2.06. The van der Waals surface area contributed by atoms with E-state index in [-0.39, 0.29) is 0 Å². The molecule has 0 unspecified atom stereocenters. The molecule has 0 saturated heterocycles. The van der Waals surface area contributed by atoms with Crippen molar-refractivity contribution in [2.24, 2.45) is 5.73 Å². The fourth-order valence-electron chi connectivity index (χ4n) is 2.63. The molecule has 1 aliphatic rings. The third-order valence-electron chi connectivity index (χ3n) is 3.57. The predicted octanol–water partition coefficient (Wildman–Crippen LogP) is 2.83. The van der Waals surface area contributed by atoms with Gasteiger partial charge in [-0.25, -0.2) is 4.98 Å². The number of rotatable bonds is 4. The van der Waals surface area contributed by atoms with Crippen LogP contribution in [0.5, 0.6) is 0 Å². The number of anilines is 2. The van der Waals surface area contributed by atoms with Gasteiger partial charge in [0.25, 0.3) is 0 Å². The number of aryl methyl sites for hydroxylation is 1. The molecule has 3 rings (SSSR count). The predicted molar refractivity (Wildman–Crippen MR) is 82.5 cm³/mol. The minimum absolute atomic E-state index is 0.520. The lowest BCUT2D eigenvalue weighted by Crippen LogP contribution is -2.24. The Bertz CT molecular complexity index is 597. The molecule has 106 valence electrons. The van der Waals surface area contributed by atoms with Crippen LogP contribution in [0.15, 0.2) is 24.3 Å². The molecule has 0 bridgehead atoms. The highest BCUT2D eigenvalue weighted by Crippen LogP contribution is 2.36. The van der Waals surface area contributed by atoms with Gasteiger partial charge in [-0.05, 0) is 24.5 Å². The summed E-state index contributed by atoms with van der Waals surface area (Å²) in [6.07, 6.45) is 2.31. The van der Waals surface area contributed by atoms with Crippen LogP contribution in [0.3, 0.4) is 0 Å². The zero-order valence-electron chi connectivity index (χ0n) is 11.6. The van der Waals surface area contributed by atoms with Crippen LogP contribution in [0.1, 0.15) is 22.6 Å². The number of hydrogen-bond acceptors (Lipinski definition) is 5. The van der Waals surface area contributed by atoms with Crippen LogP contribution in [0.2, 0.25) is 0 Å². The number of benzene rings is 1. The lowest BCUT2D eigenvalue weighted by molar-refractivity contribution is 0.181. The maximum absolute atomic E-state index is 5.81. The first-order valence-corrected chi connectivity index (χ1v) is 7.68. The average molecular weight is 289 g/mol. The summed E-state index contributed by atoms with van der Waals surface area (Å²) in [5, 5.41) is 1.03. The van der Waals surface area contributed by atoms with Crippen LogP contribution in [-0.2, 0) is 24.3 Å². The number of thiazole rings is 1. The lowest BCUT2D eigenvalue weighted by atomic mass is 10.0. The quantitative estimate of drug-likeness (QED) is 0.940. The second kappa shape index (κ2) is 5.91. The van der Waals surface area contributed by atoms with Crippen LogP contribution in [-0.4, -0.2) is 18.6 Å². The molecule has 0 amide bonds. The molecule has 2 aromatic rings. The van der Waals surface area contributed by atoms with Gasteiger partial charge < -0.3 is 15.4 Å². The third kappa shape index (κ3) is 2.44. The molecule has 0 atom stereocenters. The van der Waals surface area contributed by atoms with E-state index >= 15 is 0 Å². The van der Waals surface area contributed by atoms with Crippen LogP contribution in [0.4, 0.5) is 10.8 Å². The fourth-order valence-corrected chi connectivity index (χ4v) is 3.61. The number of methoxy groups -OCH3 is 1. The maximum Gasteiger partial charge on any atom is 0.190 e. The van der Waals surface area contributed by atoms with Crippen molar-refractivity contribution in [2.45, 2.75) is 26.0 Å². The Labute approximate surface area is 123 Å². The number of ether oxygens (including phenoxy) is 1. The highest BCUT2D eigenvalue weighted by atomic mass is 32.1. The third-order valence-corrected chi connectivity index (χ3v) is 4.72. The Balaban J connectivity index is 1.98. The molecular formula is C15H19N3OS. The van der Waals surface area contributed by atoms with Crippen LogP contribution < -0.4 is 10.6 Å². The molecule has 0 fully saturated rings. The van der Waals surface area contributed by atoms with Gasteiger partial charge >= 0.3 is 0 Å². The second-order valence-electron chi connectivity index (χ2n) is 4.89. The van der Waals surface area contributed by atoms with E-state index < -0.39 is 0 Å². The minimum atomic E-state index is 0.520. The summed E-state index contributed by atoms with van der Waals surface area (Å²) in [4.78, 5) is 8.16. The SMILES string of the molecule is COCc1nc(N2CCCc3ccccc32)sc1CN. The molecule has 1 aromatic carbocycles. The fraction of sp³-hybridized carbons (Fsp3) is 0.400. The van der Waals surface area contributed by atoms with Crippen molar-refractivity contribution in [1.29, 1.82) is 0 Å². The normalized spacial score (nSPS) is 14.4. The molecule has 20 heavy (non-hydrogen) atoms. The van der Waals surface area contributed by atoms with E-state index in [1.807, 2.05) is 0 Å². The van der Waals surface area contributed by atoms with Crippen molar-refractivity contribution >= 4 is 22.2 Å². The summed E-state index contributed by atoms with van der Waals surface area (Å²) in [5.41, 5.74) is 9.46. The van der Waals surface area contributed by atoms with Gasteiger partial charge in [0.05, 0.1) is 12.3 Å². The van der Waals surface area contributed by atoms with Gasteiger partial charge in [0.2, 0.25) is 0 Å². The van der Waals surface area contributed by atoms with Crippen LogP contribution in [0.25, 0.3) is 0 Å². The molecule has 0 radical (unpaired) electrons. The number of hydrogen-bond donors (Lipinski definition) is 1. The number of para-hydroxylation sites is 1. The van der Waals surface area contributed by atoms with E-state index in [1.54, 1.807) is 18.4 Å². The zero-order valence-corrected chi connectivity index (χ0v) is 12.4. The van der Waals surface area contributed by atoms with Crippen molar-refractivity contribution in [1.82, 2.24) is 4.98 Å². The van der Waals surface area contributed by atoms with Gasteiger partial charge in [0, 0.05) is 30.8 Å². The van der Waals surface area contributed by atoms with E-state index in [1.165, 1.54) is 11.3 Å². The van der Waals surface area contributed by atoms with Gasteiger partial charge in [0.15, 0.2) is 5.13 Å². The van der Waals surface area contributed by atoms with Crippen molar-refractivity contribution < 1.29 is 4.74 Å². The Morgan fingerprint density at radius 3 is 3.05 bits per heavy atom. The standard InChI is InChI=1S/C15H19N3OS/c1-19-10-12-14(9-16)20-15(17-12)18-8-4-6-11-5-2-3-7-13(11)18/h2-3,5,7H,4,6,8-10,16H2,1H3. The minimum Gasteiger partial charge on any atom is -0.378 e. The van der Waals surface area contributed by atoms with E-state index in [2.05, 4.69) is 29.2 Å². The zero-order chi connectivity index (χ0) is 13.9. The van der Waals surface area contributed by atoms with E-state index in [4.69, 9.17) is 15.5 Å². The average Bonchev–Trinajstić information content (AvgIpc) is 2.90. The first-order chi connectivity index (χ1) is 9.83. The van der Waals surface area contributed by atoms with Crippen molar-refractivity contribution in [2.75, 3.05) is 18.6 Å². The molecule has 2 N–H and O–H groups in total. The Morgan fingerprint density at radius 1 is 1.40 bits per heavy atom. The van der Waals surface area contributed by atoms with E-state index in [9.17, 15) is 0 Å². The highest BCUT2D eigenvalue weighted by Gasteiger charge is 2.21. The maximum atomic E-state index is 5.81. The summed E-state index contributed by atoms with van der Waals surface area (Å²) >= 11 is 1.68. The van der Waals surface area contributed by atoms with Crippen molar-refractivity contribution in [3.63, 3.8) is 0 Å². The van der Waals surface area contributed by atoms with Gasteiger partial charge in [0.1, 0.15) is 0 Å². The number of nitrogens with two attached hydrogens (primary N) is 1. The first kappa shape index (κ1) is 13.5. The molecule has 1 aromatic heterocycles. The second-order valence-corrected chi connectivity index (χ2v) is 5.95. The topological polar surface area (TPSA) is 51.4 Å². The molecule has 0 aliphatic carbocycles. The Hall–Kier alpha value is -1.43. The molecule has 1 aliphatic heterocycles. The summed E-state index contributed by atoms with van der Waals surface area (Å²) < 4.78 is 5.21. The van der Waals surface area contributed by atoms with Crippen molar-refractivity contribution in [3.05, 3.63) is 40.4 Å². The largest absolute Gasteiger partial charge is 0.378 e. The Kier molecular flexibility index (Phi) is 4.00. The van der Waals surface area contributed by atoms with Crippen LogP contribution >= 0.6 is 11.3 Å². The monoisotopic (exact) mass is 289 g/mol. The lowest BCUT2D eigenvalue weighted by Gasteiger charge is -2.28.